The molecule has 0 aromatic rings. The molecule has 0 spiro atoms. The maximum atomic E-state index is 12.0. The van der Waals surface area contributed by atoms with Gasteiger partial charge in [-0.1, -0.05) is 12.2 Å². The summed E-state index contributed by atoms with van der Waals surface area (Å²) >= 11 is 4.70. The molecule has 0 aromatic carbocycles. The van der Waals surface area contributed by atoms with Gasteiger partial charge in [0.1, 0.15) is 5.25 Å². The van der Waals surface area contributed by atoms with Crippen LogP contribution in [0.3, 0.4) is 0 Å². The molecule has 0 bridgehead atoms. The summed E-state index contributed by atoms with van der Waals surface area (Å²) in [7, 11) is -3.46. The van der Waals surface area contributed by atoms with E-state index >= 15 is 0 Å². The number of hydrogen-bond donors (Lipinski definition) is 2. The predicted octanol–water partition coefficient (Wildman–Crippen LogP) is -0.162. The van der Waals surface area contributed by atoms with Crippen LogP contribution in [0.4, 0.5) is 0 Å². The van der Waals surface area contributed by atoms with Crippen LogP contribution in [0.2, 0.25) is 0 Å². The zero-order valence-corrected chi connectivity index (χ0v) is 11.1. The van der Waals surface area contributed by atoms with E-state index < -0.39 is 20.9 Å². The van der Waals surface area contributed by atoms with Gasteiger partial charge in [0.25, 0.3) is 0 Å². The van der Waals surface area contributed by atoms with Gasteiger partial charge in [-0.05, 0) is 26.7 Å². The molecule has 0 aromatic heterocycles. The van der Waals surface area contributed by atoms with E-state index in [0.29, 0.717) is 25.9 Å². The van der Waals surface area contributed by atoms with Crippen molar-refractivity contribution in [1.82, 2.24) is 4.31 Å². The molecule has 7 heteroatoms. The van der Waals surface area contributed by atoms with Gasteiger partial charge in [-0.3, -0.25) is 0 Å². The zero-order chi connectivity index (χ0) is 12.6. The molecular weight excluding hydrogens is 248 g/mol. The second-order valence-electron chi connectivity index (χ2n) is 4.49. The number of sulfonamides is 1. The Balaban J connectivity index is 2.77. The van der Waals surface area contributed by atoms with Crippen LogP contribution in [0.5, 0.6) is 0 Å². The first kappa shape index (κ1) is 13.8. The third-order valence-electron chi connectivity index (χ3n) is 3.01. The molecule has 0 aliphatic carbocycles. The fourth-order valence-electron chi connectivity index (χ4n) is 1.59. The van der Waals surface area contributed by atoms with Crippen molar-refractivity contribution >= 4 is 27.2 Å². The van der Waals surface area contributed by atoms with Crippen LogP contribution in [0, 0.1) is 0 Å². The van der Waals surface area contributed by atoms with Crippen molar-refractivity contribution < 1.29 is 13.5 Å². The van der Waals surface area contributed by atoms with Crippen LogP contribution >= 0.6 is 12.2 Å². The monoisotopic (exact) mass is 266 g/mol. The molecule has 1 unspecified atom stereocenters. The van der Waals surface area contributed by atoms with Crippen molar-refractivity contribution in [3.63, 3.8) is 0 Å². The molecule has 3 N–H and O–H groups in total. The van der Waals surface area contributed by atoms with Gasteiger partial charge in [0.2, 0.25) is 10.0 Å². The van der Waals surface area contributed by atoms with Gasteiger partial charge in [-0.15, -0.1) is 0 Å². The van der Waals surface area contributed by atoms with Gasteiger partial charge in [-0.25, -0.2) is 12.7 Å². The minimum atomic E-state index is -3.46. The lowest BCUT2D eigenvalue weighted by Gasteiger charge is -2.36. The summed E-state index contributed by atoms with van der Waals surface area (Å²) in [6.07, 6.45) is 0.882. The summed E-state index contributed by atoms with van der Waals surface area (Å²) < 4.78 is 25.4. The Hall–Kier alpha value is -0.240. The van der Waals surface area contributed by atoms with E-state index in [4.69, 9.17) is 18.0 Å². The van der Waals surface area contributed by atoms with Gasteiger partial charge >= 0.3 is 0 Å². The summed E-state index contributed by atoms with van der Waals surface area (Å²) in [5.74, 6) is 0. The molecule has 0 amide bonds. The quantitative estimate of drug-likeness (QED) is 0.693. The Bertz CT molecular complexity index is 368. The van der Waals surface area contributed by atoms with Gasteiger partial charge in [0, 0.05) is 13.1 Å². The average Bonchev–Trinajstić information content (AvgIpc) is 2.15. The van der Waals surface area contributed by atoms with E-state index in [2.05, 4.69) is 0 Å². The van der Waals surface area contributed by atoms with Crippen molar-refractivity contribution in [2.45, 2.75) is 37.5 Å². The second-order valence-corrected chi connectivity index (χ2v) is 7.21. The molecule has 1 rings (SSSR count). The van der Waals surface area contributed by atoms with E-state index in [9.17, 15) is 13.5 Å². The van der Waals surface area contributed by atoms with Crippen molar-refractivity contribution in [2.75, 3.05) is 13.1 Å². The fourth-order valence-corrected chi connectivity index (χ4v) is 3.39. The molecule has 1 heterocycles. The number of nitrogens with zero attached hydrogens (tertiary/aromatic N) is 1. The Morgan fingerprint density at radius 2 is 1.94 bits per heavy atom. The zero-order valence-electron chi connectivity index (χ0n) is 9.51. The Morgan fingerprint density at radius 3 is 2.31 bits per heavy atom. The van der Waals surface area contributed by atoms with Crippen LogP contribution in [0.1, 0.15) is 26.7 Å². The molecule has 94 valence electrons. The third kappa shape index (κ3) is 2.91. The largest absolute Gasteiger partial charge is 0.392 e. The minimum absolute atomic E-state index is 0.0164. The molecule has 1 atom stereocenters. The number of aliphatic hydroxyl groups is 1. The van der Waals surface area contributed by atoms with E-state index in [-0.39, 0.29) is 4.99 Å². The van der Waals surface area contributed by atoms with Gasteiger partial charge in [-0.2, -0.15) is 0 Å². The molecule has 1 saturated heterocycles. The number of rotatable bonds is 3. The Kier molecular flexibility index (Phi) is 3.94. The highest BCUT2D eigenvalue weighted by molar-refractivity contribution is 7.92. The number of nitrogens with two attached hydrogens (primary N) is 1. The Labute approximate surface area is 102 Å². The SMILES string of the molecule is CC(C(N)=S)S(=O)(=O)N1CCC(C)(O)CC1. The average molecular weight is 266 g/mol. The smallest absolute Gasteiger partial charge is 0.223 e. The minimum Gasteiger partial charge on any atom is -0.392 e. The van der Waals surface area contributed by atoms with E-state index in [0.717, 1.165) is 0 Å². The molecule has 1 aliphatic heterocycles. The molecule has 16 heavy (non-hydrogen) atoms. The lowest BCUT2D eigenvalue weighted by atomic mass is 9.95. The van der Waals surface area contributed by atoms with Crippen LogP contribution in [-0.4, -0.2) is 46.8 Å². The van der Waals surface area contributed by atoms with Gasteiger partial charge < -0.3 is 10.8 Å². The highest BCUT2D eigenvalue weighted by Crippen LogP contribution is 2.24. The van der Waals surface area contributed by atoms with Crippen LogP contribution in [-0.2, 0) is 10.0 Å². The summed E-state index contributed by atoms with van der Waals surface area (Å²) in [4.78, 5) is -0.0164. The van der Waals surface area contributed by atoms with Crippen molar-refractivity contribution in [3.05, 3.63) is 0 Å². The summed E-state index contributed by atoms with van der Waals surface area (Å²) in [6, 6.07) is 0. The standard InChI is InChI=1S/C9H18N2O3S2/c1-7(8(10)15)16(13,14)11-5-3-9(2,12)4-6-11/h7,12H,3-6H2,1-2H3,(H2,10,15). The lowest BCUT2D eigenvalue weighted by molar-refractivity contribution is 0.0125. The van der Waals surface area contributed by atoms with Gasteiger partial charge in [0.05, 0.1) is 10.6 Å². The van der Waals surface area contributed by atoms with Crippen LogP contribution in [0.15, 0.2) is 0 Å². The van der Waals surface area contributed by atoms with E-state index in [1.807, 2.05) is 0 Å². The summed E-state index contributed by atoms with van der Waals surface area (Å²) in [6.45, 7) is 3.85. The number of thiocarbonyl (C=S) groups is 1. The highest BCUT2D eigenvalue weighted by atomic mass is 32.2. The molecule has 1 fully saturated rings. The fraction of sp³-hybridized carbons (Fsp3) is 0.889. The molecule has 5 nitrogen and oxygen atoms in total. The van der Waals surface area contributed by atoms with E-state index in [1.165, 1.54) is 11.2 Å². The topological polar surface area (TPSA) is 83.6 Å². The van der Waals surface area contributed by atoms with E-state index in [1.54, 1.807) is 6.92 Å². The first-order chi connectivity index (χ1) is 7.17. The third-order valence-corrected chi connectivity index (χ3v) is 5.74. The van der Waals surface area contributed by atoms with Gasteiger partial charge in [0.15, 0.2) is 0 Å². The predicted molar refractivity (Wildman–Crippen MR) is 66.6 cm³/mol. The number of piperidine rings is 1. The molecular formula is C9H18N2O3S2. The molecule has 0 radical (unpaired) electrons. The van der Waals surface area contributed by atoms with Crippen molar-refractivity contribution in [2.24, 2.45) is 5.73 Å². The van der Waals surface area contributed by atoms with Crippen molar-refractivity contribution in [3.8, 4) is 0 Å². The maximum Gasteiger partial charge on any atom is 0.223 e. The summed E-state index contributed by atoms with van der Waals surface area (Å²) in [5.41, 5.74) is 4.59. The second kappa shape index (κ2) is 4.56. The molecule has 1 aliphatic rings. The lowest BCUT2D eigenvalue weighted by Crippen LogP contribution is -2.49. The first-order valence-electron chi connectivity index (χ1n) is 5.17. The molecule has 0 saturated carbocycles. The summed E-state index contributed by atoms with van der Waals surface area (Å²) in [5, 5.41) is 8.89. The van der Waals surface area contributed by atoms with Crippen LogP contribution < -0.4 is 5.73 Å². The highest BCUT2D eigenvalue weighted by Gasteiger charge is 2.36. The van der Waals surface area contributed by atoms with Crippen molar-refractivity contribution in [1.29, 1.82) is 0 Å². The normalized spacial score (nSPS) is 23.9. The number of hydrogen-bond acceptors (Lipinski definition) is 4. The maximum absolute atomic E-state index is 12.0. The Morgan fingerprint density at radius 1 is 1.50 bits per heavy atom. The van der Waals surface area contributed by atoms with Crippen LogP contribution in [0.25, 0.3) is 0 Å². The first-order valence-corrected chi connectivity index (χ1v) is 7.09.